The molecule has 6 N–H and O–H groups in total. The first kappa shape index (κ1) is 81.8. The third-order valence-corrected chi connectivity index (χ3v) is 16.8. The molecule has 1 fully saturated rings. The number of aliphatic hydroxyl groups excluding tert-OH is 1. The summed E-state index contributed by atoms with van der Waals surface area (Å²) < 4.78 is 6.15. The molecule has 516 valence electrons. The molecular formula is C65H118N12O13. The van der Waals surface area contributed by atoms with Crippen LogP contribution in [0.4, 0.5) is 0 Å². The van der Waals surface area contributed by atoms with Crippen LogP contribution < -0.4 is 26.6 Å². The molecule has 0 spiro atoms. The first-order valence-corrected chi connectivity index (χ1v) is 32.3. The zero-order chi connectivity index (χ0) is 69.7. The van der Waals surface area contributed by atoms with E-state index in [0.717, 1.165) is 14.7 Å². The molecule has 1 rings (SSSR count). The van der Waals surface area contributed by atoms with E-state index in [0.29, 0.717) is 0 Å². The maximum Gasteiger partial charge on any atom is 0.273 e. The smallest absolute Gasteiger partial charge is 0.273 e. The van der Waals surface area contributed by atoms with Gasteiger partial charge in [-0.25, -0.2) is 0 Å². The molecule has 0 aromatic heterocycles. The SMILES string of the molecule is C/C=C/C[C@@H](C)[C@@H](O)[C@H]1C(=O)N[C@@H](CC)C(=O)N(C)C(OCCNC)C(=O)N(C)[C@@H](CC(C)C)C(=O)N[C@@H](C(C)C)C(=O)N(C)[C@@H](CC(C)C)C(=O)N[C@@H](C)C(=O)N[C@H](C)C(=O)N(C)[C@@H](CC(C)C)C(=O)N(C)[C@@H](CC(C)C)C(=O)N(C)[C@@H](C(C)C)C(=O)N1C. The van der Waals surface area contributed by atoms with Crippen LogP contribution in [0.15, 0.2) is 12.2 Å². The van der Waals surface area contributed by atoms with Crippen LogP contribution in [0.3, 0.4) is 0 Å². The van der Waals surface area contributed by atoms with Gasteiger partial charge in [0, 0.05) is 55.9 Å². The molecule has 0 bridgehead atoms. The number of carbonyl (C=O) groups is 11. The fraction of sp³-hybridized carbons (Fsp3) is 0.800. The number of amides is 11. The van der Waals surface area contributed by atoms with Crippen molar-refractivity contribution in [2.45, 2.75) is 229 Å². The normalized spacial score (nSPS) is 26.9. The number of carbonyl (C=O) groups excluding carboxylic acids is 11. The molecule has 0 aliphatic carbocycles. The number of hydrogen-bond donors (Lipinski definition) is 6. The van der Waals surface area contributed by atoms with Gasteiger partial charge in [0.05, 0.1) is 12.7 Å². The number of nitrogens with zero attached hydrogens (tertiary/aromatic N) is 7. The van der Waals surface area contributed by atoms with E-state index in [1.54, 1.807) is 67.7 Å². The lowest BCUT2D eigenvalue weighted by Gasteiger charge is -2.41. The minimum absolute atomic E-state index is 0.0434. The van der Waals surface area contributed by atoms with E-state index < -0.39 is 155 Å². The quantitative estimate of drug-likeness (QED) is 0.0801. The van der Waals surface area contributed by atoms with Gasteiger partial charge >= 0.3 is 0 Å². The minimum Gasteiger partial charge on any atom is -0.390 e. The molecule has 0 aromatic carbocycles. The number of likely N-dealkylation sites (N-methyl/N-ethyl adjacent to an activating group) is 8. The minimum atomic E-state index is -1.68. The zero-order valence-electron chi connectivity index (χ0n) is 59.3. The van der Waals surface area contributed by atoms with Crippen LogP contribution in [-0.2, 0) is 57.5 Å². The van der Waals surface area contributed by atoms with Gasteiger partial charge in [-0.15, -0.1) is 0 Å². The summed E-state index contributed by atoms with van der Waals surface area (Å²) in [4.78, 5) is 171. The summed E-state index contributed by atoms with van der Waals surface area (Å²) >= 11 is 0. The van der Waals surface area contributed by atoms with Gasteiger partial charge < -0.3 is 70.7 Å². The van der Waals surface area contributed by atoms with E-state index in [9.17, 15) is 33.9 Å². The number of nitrogens with one attached hydrogen (secondary N) is 5. The average molecular weight is 1280 g/mol. The van der Waals surface area contributed by atoms with Crippen LogP contribution in [0.5, 0.6) is 0 Å². The van der Waals surface area contributed by atoms with Gasteiger partial charge in [0.1, 0.15) is 60.4 Å². The van der Waals surface area contributed by atoms with Crippen LogP contribution in [-0.4, -0.2) is 247 Å². The second-order valence-corrected chi connectivity index (χ2v) is 27.1. The molecule has 1 heterocycles. The van der Waals surface area contributed by atoms with Gasteiger partial charge in [-0.1, -0.05) is 109 Å². The third-order valence-electron chi connectivity index (χ3n) is 16.8. The highest BCUT2D eigenvalue weighted by atomic mass is 16.5. The average Bonchev–Trinajstić information content (AvgIpc) is 1.57. The third kappa shape index (κ3) is 22.9. The van der Waals surface area contributed by atoms with Gasteiger partial charge in [-0.05, 0) is 108 Å². The Morgan fingerprint density at radius 1 is 0.478 bits per heavy atom. The predicted octanol–water partition coefficient (Wildman–Crippen LogP) is 2.83. The highest BCUT2D eigenvalue weighted by Gasteiger charge is 2.46. The summed E-state index contributed by atoms with van der Waals surface area (Å²) in [6, 6.07) is -12.8. The highest BCUT2D eigenvalue weighted by molar-refractivity contribution is 6.00. The van der Waals surface area contributed by atoms with E-state index in [1.807, 2.05) is 55.4 Å². The van der Waals surface area contributed by atoms with Crippen LogP contribution in [0.2, 0.25) is 0 Å². The molecule has 90 heavy (non-hydrogen) atoms. The van der Waals surface area contributed by atoms with E-state index in [4.69, 9.17) is 4.74 Å². The van der Waals surface area contributed by atoms with Crippen LogP contribution in [0.1, 0.15) is 156 Å². The molecule has 0 aromatic rings. The zero-order valence-corrected chi connectivity index (χ0v) is 59.3. The number of aliphatic hydroxyl groups is 1. The van der Waals surface area contributed by atoms with Crippen LogP contribution in [0.25, 0.3) is 0 Å². The second-order valence-electron chi connectivity index (χ2n) is 27.1. The van der Waals surface area contributed by atoms with Crippen molar-refractivity contribution >= 4 is 65.0 Å². The highest BCUT2D eigenvalue weighted by Crippen LogP contribution is 2.26. The fourth-order valence-corrected chi connectivity index (χ4v) is 11.2. The van der Waals surface area contributed by atoms with Crippen molar-refractivity contribution in [3.63, 3.8) is 0 Å². The first-order chi connectivity index (χ1) is 41.7. The molecule has 25 heteroatoms. The summed E-state index contributed by atoms with van der Waals surface area (Å²) in [7, 11) is 11.5. The number of allylic oxidation sites excluding steroid dienone is 2. The summed E-state index contributed by atoms with van der Waals surface area (Å²) in [6.07, 6.45) is 1.12. The molecular weight excluding hydrogens is 1160 g/mol. The number of ether oxygens (including phenoxy) is 1. The molecule has 11 amide bonds. The van der Waals surface area contributed by atoms with Crippen molar-refractivity contribution in [3.05, 3.63) is 12.2 Å². The lowest BCUT2D eigenvalue weighted by molar-refractivity contribution is -0.167. The van der Waals surface area contributed by atoms with Crippen LogP contribution in [0, 0.1) is 41.4 Å². The summed E-state index contributed by atoms with van der Waals surface area (Å²) in [5.74, 6) is -10.4. The fourth-order valence-electron chi connectivity index (χ4n) is 11.2. The van der Waals surface area contributed by atoms with E-state index in [1.165, 1.54) is 82.8 Å². The number of hydrogen-bond acceptors (Lipinski definition) is 14. The first-order valence-electron chi connectivity index (χ1n) is 32.3. The molecule has 1 saturated heterocycles. The Hall–Kier alpha value is -6.21. The molecule has 1 unspecified atom stereocenters. The molecule has 25 nitrogen and oxygen atoms in total. The van der Waals surface area contributed by atoms with Crippen molar-refractivity contribution < 1.29 is 62.6 Å². The van der Waals surface area contributed by atoms with E-state index >= 15 is 24.0 Å². The molecule has 0 radical (unpaired) electrons. The topological polar surface area (TPSA) is 300 Å². The number of rotatable bonds is 19. The van der Waals surface area contributed by atoms with E-state index in [2.05, 4.69) is 26.6 Å². The molecule has 13 atom stereocenters. The van der Waals surface area contributed by atoms with Crippen LogP contribution >= 0.6 is 0 Å². The largest absolute Gasteiger partial charge is 0.390 e. The van der Waals surface area contributed by atoms with Gasteiger partial charge in [-0.2, -0.15) is 0 Å². The Bertz CT molecular complexity index is 2440. The van der Waals surface area contributed by atoms with Gasteiger partial charge in [-0.3, -0.25) is 52.7 Å². The Morgan fingerprint density at radius 2 is 0.900 bits per heavy atom. The molecule has 1 aliphatic rings. The van der Waals surface area contributed by atoms with Crippen molar-refractivity contribution in [2.75, 3.05) is 69.5 Å². The van der Waals surface area contributed by atoms with Gasteiger partial charge in [0.2, 0.25) is 65.3 Å². The summed E-state index contributed by atoms with van der Waals surface area (Å²) in [5, 5.41) is 26.2. The summed E-state index contributed by atoms with van der Waals surface area (Å²) in [6.45, 7) is 29.9. The maximum atomic E-state index is 15.3. The lowest BCUT2D eigenvalue weighted by atomic mass is 9.91. The monoisotopic (exact) mass is 1270 g/mol. The standard InChI is InChI=1S/C65H118N12O13/c1-26-28-29-42(15)53(78)52-57(82)69-45(27-2)59(84)77(25)65(90-31-30-66-18)64(89)72(20)47(33-37(5)6)56(81)70-50(40(11)12)62(87)71(19)46(32-36(3)4)55(80)67-43(16)54(79)68-44(17)58(83)73(21)48(34-38(7)8)60(85)74(22)49(35-39(9)10)61(86)75(23)51(41(13)14)63(88)76(52)24/h26,28,36-53,65-66,78H,27,29-35H2,1-25H3,(H,67,80)(H,68,79)(H,69,82)(H,70,81)/b28-26+/t42-,43+,44-,45+,46+,47+,48+,49+,50+,51+,52+,53-,65?/m1/s1. The van der Waals surface area contributed by atoms with Gasteiger partial charge in [0.25, 0.3) is 5.91 Å². The second kappa shape index (κ2) is 38.0. The lowest BCUT2D eigenvalue weighted by Crippen LogP contribution is -2.64. The Balaban J connectivity index is 4.50. The molecule has 0 saturated carbocycles. The maximum absolute atomic E-state index is 15.3. The Kier molecular flexibility index (Phi) is 34.5. The van der Waals surface area contributed by atoms with E-state index in [-0.39, 0.29) is 75.3 Å². The van der Waals surface area contributed by atoms with Crippen molar-refractivity contribution in [3.8, 4) is 0 Å². The predicted molar refractivity (Wildman–Crippen MR) is 347 cm³/mol. The summed E-state index contributed by atoms with van der Waals surface area (Å²) in [5.41, 5.74) is 0. The molecule has 1 aliphatic heterocycles. The van der Waals surface area contributed by atoms with Crippen molar-refractivity contribution in [1.29, 1.82) is 0 Å². The van der Waals surface area contributed by atoms with Gasteiger partial charge in [0.15, 0.2) is 0 Å². The van der Waals surface area contributed by atoms with Crippen molar-refractivity contribution in [2.24, 2.45) is 41.4 Å². The Morgan fingerprint density at radius 3 is 1.34 bits per heavy atom. The Labute approximate surface area is 538 Å². The van der Waals surface area contributed by atoms with Crippen molar-refractivity contribution in [1.82, 2.24) is 60.9 Å².